The topological polar surface area (TPSA) is 64.5 Å². The number of ether oxygens (including phenoxy) is 2. The number of aliphatic hydroxyl groups excluding tert-OH is 1. The first-order chi connectivity index (χ1) is 9.26. The zero-order valence-corrected chi connectivity index (χ0v) is 11.1. The van der Waals surface area contributed by atoms with Crippen molar-refractivity contribution in [3.63, 3.8) is 0 Å². The van der Waals surface area contributed by atoms with E-state index < -0.39 is 0 Å². The van der Waals surface area contributed by atoms with Crippen LogP contribution in [0.4, 0.5) is 0 Å². The summed E-state index contributed by atoms with van der Waals surface area (Å²) in [7, 11) is 1.47. The molecule has 0 spiro atoms. The summed E-state index contributed by atoms with van der Waals surface area (Å²) in [5.41, 5.74) is 0.877. The first-order valence-electron chi connectivity index (χ1n) is 5.67. The van der Waals surface area contributed by atoms with Gasteiger partial charge in [-0.15, -0.1) is 0 Å². The first-order valence-corrected chi connectivity index (χ1v) is 6.05. The van der Waals surface area contributed by atoms with Crippen LogP contribution >= 0.6 is 11.6 Å². The van der Waals surface area contributed by atoms with E-state index in [1.165, 1.54) is 13.4 Å². The highest BCUT2D eigenvalue weighted by molar-refractivity contribution is 6.31. The van der Waals surface area contributed by atoms with Gasteiger partial charge in [0.25, 0.3) is 5.88 Å². The average molecular weight is 281 g/mol. The lowest BCUT2D eigenvalue weighted by Gasteiger charge is -2.12. The molecule has 0 saturated carbocycles. The zero-order chi connectivity index (χ0) is 13.7. The predicted molar refractivity (Wildman–Crippen MR) is 70.9 cm³/mol. The fourth-order valence-corrected chi connectivity index (χ4v) is 1.82. The lowest BCUT2D eigenvalue weighted by Crippen LogP contribution is -1.99. The van der Waals surface area contributed by atoms with Crippen LogP contribution < -0.4 is 9.47 Å². The van der Waals surface area contributed by atoms with Gasteiger partial charge in [0, 0.05) is 6.61 Å². The summed E-state index contributed by atoms with van der Waals surface area (Å²) in [5, 5.41) is 9.22. The molecule has 5 nitrogen and oxygen atoms in total. The Bertz CT molecular complexity index is 563. The molecule has 2 aromatic rings. The van der Waals surface area contributed by atoms with Gasteiger partial charge in [0.2, 0.25) is 5.75 Å². The molecule has 1 N–H and O–H groups in total. The van der Waals surface area contributed by atoms with Gasteiger partial charge in [-0.1, -0.05) is 29.8 Å². The van der Waals surface area contributed by atoms with Gasteiger partial charge in [-0.3, -0.25) is 0 Å². The van der Waals surface area contributed by atoms with Crippen LogP contribution in [0.2, 0.25) is 5.15 Å². The molecule has 100 valence electrons. The molecule has 0 aliphatic heterocycles. The molecule has 0 amide bonds. The Morgan fingerprint density at radius 3 is 2.79 bits per heavy atom. The summed E-state index contributed by atoms with van der Waals surface area (Å²) in [5.74, 6) is 1.13. The van der Waals surface area contributed by atoms with Crippen molar-refractivity contribution < 1.29 is 14.6 Å². The summed E-state index contributed by atoms with van der Waals surface area (Å²) < 4.78 is 10.8. The lowest BCUT2D eigenvalue weighted by molar-refractivity contribution is 0.297. The molecule has 0 fully saturated rings. The van der Waals surface area contributed by atoms with Crippen LogP contribution in [0.3, 0.4) is 0 Å². The summed E-state index contributed by atoms with van der Waals surface area (Å²) in [4.78, 5) is 7.82. The normalized spacial score (nSPS) is 10.3. The number of halogens is 1. The third-order valence-electron chi connectivity index (χ3n) is 2.49. The van der Waals surface area contributed by atoms with Crippen molar-refractivity contribution in [3.8, 4) is 17.4 Å². The third kappa shape index (κ3) is 3.13. The fraction of sp³-hybridized carbons (Fsp3) is 0.231. The monoisotopic (exact) mass is 280 g/mol. The fourth-order valence-electron chi connectivity index (χ4n) is 1.62. The van der Waals surface area contributed by atoms with Gasteiger partial charge in [0.05, 0.1) is 7.11 Å². The quantitative estimate of drug-likeness (QED) is 0.853. The van der Waals surface area contributed by atoms with E-state index in [0.717, 1.165) is 5.56 Å². The Labute approximate surface area is 115 Å². The summed E-state index contributed by atoms with van der Waals surface area (Å²) in [6.45, 7) is 0.0437. The highest BCUT2D eigenvalue weighted by Crippen LogP contribution is 2.34. The molecule has 0 aliphatic rings. The number of benzene rings is 1. The zero-order valence-electron chi connectivity index (χ0n) is 10.3. The molecule has 1 heterocycles. The Balaban J connectivity index is 2.33. The standard InChI is InChI=1S/C13H13ClN2O3/c1-18-11-12(14)15-8-16-13(11)19-10-5-3-2-4-9(10)6-7-17/h2-5,8,17H,6-7H2,1H3. The van der Waals surface area contributed by atoms with E-state index in [1.54, 1.807) is 6.07 Å². The molecule has 2 rings (SSSR count). The highest BCUT2D eigenvalue weighted by Gasteiger charge is 2.14. The molecule has 0 atom stereocenters. The molecule has 0 bridgehead atoms. The van der Waals surface area contributed by atoms with Gasteiger partial charge in [0.1, 0.15) is 12.1 Å². The van der Waals surface area contributed by atoms with Gasteiger partial charge in [-0.05, 0) is 18.1 Å². The molecular weight excluding hydrogens is 268 g/mol. The maximum absolute atomic E-state index is 9.03. The summed E-state index contributed by atoms with van der Waals surface area (Å²) in [6.07, 6.45) is 1.80. The Hall–Kier alpha value is -1.85. The molecule has 0 unspecified atom stereocenters. The van der Waals surface area contributed by atoms with Crippen LogP contribution in [0.5, 0.6) is 17.4 Å². The van der Waals surface area contributed by atoms with Crippen molar-refractivity contribution in [1.29, 1.82) is 0 Å². The molecule has 0 radical (unpaired) electrons. The largest absolute Gasteiger partial charge is 0.489 e. The van der Waals surface area contributed by atoms with Crippen LogP contribution in [-0.2, 0) is 6.42 Å². The number of aliphatic hydroxyl groups is 1. The van der Waals surface area contributed by atoms with E-state index in [1.807, 2.05) is 18.2 Å². The number of hydrogen-bond acceptors (Lipinski definition) is 5. The Kier molecular flexibility index (Phi) is 4.54. The summed E-state index contributed by atoms with van der Waals surface area (Å²) in [6, 6.07) is 7.38. The average Bonchev–Trinajstić information content (AvgIpc) is 2.41. The SMILES string of the molecule is COc1c(Cl)ncnc1Oc1ccccc1CCO. The second-order valence-corrected chi connectivity index (χ2v) is 4.04. The molecule has 6 heteroatoms. The number of para-hydroxylation sites is 1. The highest BCUT2D eigenvalue weighted by atomic mass is 35.5. The number of methoxy groups -OCH3 is 1. The number of nitrogens with zero attached hydrogens (tertiary/aromatic N) is 2. The van der Waals surface area contributed by atoms with Crippen molar-refractivity contribution in [1.82, 2.24) is 9.97 Å². The maximum Gasteiger partial charge on any atom is 0.267 e. The van der Waals surface area contributed by atoms with Crippen molar-refractivity contribution in [3.05, 3.63) is 41.3 Å². The van der Waals surface area contributed by atoms with Crippen molar-refractivity contribution in [2.24, 2.45) is 0 Å². The molecule has 0 saturated heterocycles. The number of aromatic nitrogens is 2. The van der Waals surface area contributed by atoms with Crippen molar-refractivity contribution in [2.45, 2.75) is 6.42 Å². The minimum atomic E-state index is 0.0437. The van der Waals surface area contributed by atoms with E-state index in [-0.39, 0.29) is 23.4 Å². The van der Waals surface area contributed by atoms with Crippen molar-refractivity contribution >= 4 is 11.6 Å². The van der Waals surface area contributed by atoms with Crippen LogP contribution in [0.1, 0.15) is 5.56 Å². The van der Waals surface area contributed by atoms with Crippen LogP contribution in [0.25, 0.3) is 0 Å². The minimum Gasteiger partial charge on any atom is -0.489 e. The van der Waals surface area contributed by atoms with Crippen molar-refractivity contribution in [2.75, 3.05) is 13.7 Å². The van der Waals surface area contributed by atoms with Crippen LogP contribution in [-0.4, -0.2) is 28.8 Å². The molecule has 1 aromatic carbocycles. The van der Waals surface area contributed by atoms with Gasteiger partial charge >= 0.3 is 0 Å². The van der Waals surface area contributed by atoms with Gasteiger partial charge < -0.3 is 14.6 Å². The van der Waals surface area contributed by atoms with E-state index in [0.29, 0.717) is 12.2 Å². The third-order valence-corrected chi connectivity index (χ3v) is 2.76. The lowest BCUT2D eigenvalue weighted by atomic mass is 10.1. The molecular formula is C13H13ClN2O3. The van der Waals surface area contributed by atoms with E-state index in [2.05, 4.69) is 9.97 Å². The van der Waals surface area contributed by atoms with E-state index >= 15 is 0 Å². The smallest absolute Gasteiger partial charge is 0.267 e. The second-order valence-electron chi connectivity index (χ2n) is 3.69. The van der Waals surface area contributed by atoms with Gasteiger partial charge in [-0.2, -0.15) is 4.98 Å². The number of rotatable bonds is 5. The molecule has 19 heavy (non-hydrogen) atoms. The molecule has 1 aromatic heterocycles. The first kappa shape index (κ1) is 13.6. The molecule has 0 aliphatic carbocycles. The number of hydrogen-bond donors (Lipinski definition) is 1. The van der Waals surface area contributed by atoms with E-state index in [4.69, 9.17) is 26.2 Å². The summed E-state index contributed by atoms with van der Waals surface area (Å²) >= 11 is 5.90. The Morgan fingerprint density at radius 1 is 1.26 bits per heavy atom. The van der Waals surface area contributed by atoms with Gasteiger partial charge in [0.15, 0.2) is 5.15 Å². The maximum atomic E-state index is 9.03. The Morgan fingerprint density at radius 2 is 2.05 bits per heavy atom. The van der Waals surface area contributed by atoms with Crippen LogP contribution in [0, 0.1) is 0 Å². The van der Waals surface area contributed by atoms with E-state index in [9.17, 15) is 0 Å². The predicted octanol–water partition coefficient (Wildman–Crippen LogP) is 2.47. The minimum absolute atomic E-state index is 0.0437. The van der Waals surface area contributed by atoms with Crippen LogP contribution in [0.15, 0.2) is 30.6 Å². The second kappa shape index (κ2) is 6.36. The van der Waals surface area contributed by atoms with Gasteiger partial charge in [-0.25, -0.2) is 4.98 Å².